The largest absolute Gasteiger partial charge is 0.318 e. The van der Waals surface area contributed by atoms with Crippen LogP contribution >= 0.6 is 0 Å². The maximum absolute atomic E-state index is 3.37. The Morgan fingerprint density at radius 3 is 2.56 bits per heavy atom. The van der Waals surface area contributed by atoms with Crippen molar-refractivity contribution in [3.63, 3.8) is 0 Å². The van der Waals surface area contributed by atoms with Crippen molar-refractivity contribution in [1.82, 2.24) is 15.1 Å². The first-order valence-corrected chi connectivity index (χ1v) is 6.66. The normalized spacial score (nSPS) is 32.6. The highest BCUT2D eigenvalue weighted by atomic mass is 15.3. The number of rotatable bonds is 3. The molecule has 1 N–H and O–H groups in total. The van der Waals surface area contributed by atoms with Gasteiger partial charge in [-0.2, -0.15) is 0 Å². The van der Waals surface area contributed by atoms with Gasteiger partial charge in [-0.1, -0.05) is 0 Å². The highest BCUT2D eigenvalue weighted by molar-refractivity contribution is 5.00. The van der Waals surface area contributed by atoms with Gasteiger partial charge in [-0.05, 0) is 53.8 Å². The molecule has 1 saturated heterocycles. The first-order chi connectivity index (χ1) is 7.54. The highest BCUT2D eigenvalue weighted by Gasteiger charge is 2.43. The third-order valence-electron chi connectivity index (χ3n) is 4.10. The van der Waals surface area contributed by atoms with Crippen molar-refractivity contribution >= 4 is 0 Å². The van der Waals surface area contributed by atoms with Crippen molar-refractivity contribution in [2.24, 2.45) is 0 Å². The molecule has 0 amide bonds. The zero-order chi connectivity index (χ0) is 11.8. The maximum Gasteiger partial charge on any atom is 0.0355 e. The Bertz CT molecular complexity index is 235. The van der Waals surface area contributed by atoms with Crippen molar-refractivity contribution in [2.75, 3.05) is 33.7 Å². The minimum Gasteiger partial charge on any atom is -0.318 e. The number of nitrogens with zero attached hydrogens (tertiary/aromatic N) is 2. The summed E-state index contributed by atoms with van der Waals surface area (Å²) in [5.41, 5.74) is 0.368. The molecule has 16 heavy (non-hydrogen) atoms. The summed E-state index contributed by atoms with van der Waals surface area (Å²) in [6, 6.07) is 1.54. The second-order valence-electron chi connectivity index (χ2n) is 6.17. The van der Waals surface area contributed by atoms with Gasteiger partial charge in [0.15, 0.2) is 0 Å². The highest BCUT2D eigenvalue weighted by Crippen LogP contribution is 2.37. The third-order valence-corrected chi connectivity index (χ3v) is 4.10. The first kappa shape index (κ1) is 12.3. The Labute approximate surface area is 100 Å². The molecule has 1 atom stereocenters. The van der Waals surface area contributed by atoms with Crippen molar-refractivity contribution in [1.29, 1.82) is 0 Å². The number of nitrogens with one attached hydrogen (secondary N) is 1. The summed E-state index contributed by atoms with van der Waals surface area (Å²) in [5.74, 6) is 0. The van der Waals surface area contributed by atoms with Gasteiger partial charge in [0, 0.05) is 30.7 Å². The van der Waals surface area contributed by atoms with Crippen LogP contribution in [0.1, 0.15) is 33.1 Å². The van der Waals surface area contributed by atoms with Crippen LogP contribution in [0.5, 0.6) is 0 Å². The summed E-state index contributed by atoms with van der Waals surface area (Å²) < 4.78 is 0. The van der Waals surface area contributed by atoms with Crippen LogP contribution in [0.25, 0.3) is 0 Å². The fourth-order valence-electron chi connectivity index (χ4n) is 3.17. The molecule has 0 radical (unpaired) electrons. The minimum absolute atomic E-state index is 0.368. The molecule has 0 aromatic heterocycles. The lowest BCUT2D eigenvalue weighted by Gasteiger charge is -2.42. The van der Waals surface area contributed by atoms with Gasteiger partial charge in [0.2, 0.25) is 0 Å². The van der Waals surface area contributed by atoms with Crippen LogP contribution in [-0.4, -0.2) is 61.2 Å². The van der Waals surface area contributed by atoms with E-state index in [0.717, 1.165) is 12.6 Å². The summed E-state index contributed by atoms with van der Waals surface area (Å²) in [7, 11) is 4.33. The molecule has 0 bridgehead atoms. The van der Waals surface area contributed by atoms with Crippen molar-refractivity contribution in [3.05, 3.63) is 0 Å². The van der Waals surface area contributed by atoms with E-state index in [-0.39, 0.29) is 0 Å². The van der Waals surface area contributed by atoms with E-state index in [1.54, 1.807) is 0 Å². The van der Waals surface area contributed by atoms with E-state index in [9.17, 15) is 0 Å². The van der Waals surface area contributed by atoms with Crippen molar-refractivity contribution in [3.8, 4) is 0 Å². The lowest BCUT2D eigenvalue weighted by molar-refractivity contribution is 0.0664. The Hall–Kier alpha value is -0.120. The van der Waals surface area contributed by atoms with Gasteiger partial charge < -0.3 is 10.2 Å². The van der Waals surface area contributed by atoms with Crippen LogP contribution in [0.2, 0.25) is 0 Å². The lowest BCUT2D eigenvalue weighted by Crippen LogP contribution is -2.54. The molecule has 1 aliphatic heterocycles. The van der Waals surface area contributed by atoms with E-state index in [2.05, 4.69) is 43.1 Å². The fraction of sp³-hybridized carbons (Fsp3) is 1.00. The number of hydrogen-bond acceptors (Lipinski definition) is 3. The van der Waals surface area contributed by atoms with Crippen LogP contribution in [0.3, 0.4) is 0 Å². The molecular weight excluding hydrogens is 198 g/mol. The molecule has 2 fully saturated rings. The third kappa shape index (κ3) is 2.58. The van der Waals surface area contributed by atoms with E-state index < -0.39 is 0 Å². The molecule has 0 aromatic rings. The van der Waals surface area contributed by atoms with Gasteiger partial charge in [0.05, 0.1) is 0 Å². The van der Waals surface area contributed by atoms with Crippen LogP contribution in [0.15, 0.2) is 0 Å². The van der Waals surface area contributed by atoms with Crippen molar-refractivity contribution in [2.45, 2.75) is 50.7 Å². The second-order valence-corrected chi connectivity index (χ2v) is 6.17. The van der Waals surface area contributed by atoms with Crippen LogP contribution in [0, 0.1) is 0 Å². The smallest absolute Gasteiger partial charge is 0.0355 e. The molecule has 3 nitrogen and oxygen atoms in total. The first-order valence-electron chi connectivity index (χ1n) is 6.66. The number of likely N-dealkylation sites (N-methyl/N-ethyl adjacent to an activating group) is 2. The Morgan fingerprint density at radius 1 is 1.31 bits per heavy atom. The maximum atomic E-state index is 3.37. The summed E-state index contributed by atoms with van der Waals surface area (Å²) >= 11 is 0. The molecule has 94 valence electrons. The van der Waals surface area contributed by atoms with Gasteiger partial charge in [0.25, 0.3) is 0 Å². The molecule has 1 heterocycles. The monoisotopic (exact) mass is 225 g/mol. The lowest BCUT2D eigenvalue weighted by atomic mass is 9.96. The molecule has 1 saturated carbocycles. The van der Waals surface area contributed by atoms with Gasteiger partial charge in [-0.25, -0.2) is 0 Å². The van der Waals surface area contributed by atoms with E-state index >= 15 is 0 Å². The van der Waals surface area contributed by atoms with Crippen LogP contribution in [0.4, 0.5) is 0 Å². The SMILES string of the molecule is CNCC1CN(C)CCC(C)(C)N1C1CC1. The molecule has 1 aliphatic carbocycles. The predicted octanol–water partition coefficient (Wildman–Crippen LogP) is 1.15. The van der Waals surface area contributed by atoms with Gasteiger partial charge in [-0.15, -0.1) is 0 Å². The zero-order valence-electron chi connectivity index (χ0n) is 11.3. The quantitative estimate of drug-likeness (QED) is 0.777. The average molecular weight is 225 g/mol. The van der Waals surface area contributed by atoms with E-state index in [4.69, 9.17) is 0 Å². The Morgan fingerprint density at radius 2 is 2.00 bits per heavy atom. The summed E-state index contributed by atoms with van der Waals surface area (Å²) in [5, 5.41) is 3.37. The summed E-state index contributed by atoms with van der Waals surface area (Å²) in [4.78, 5) is 5.29. The topological polar surface area (TPSA) is 18.5 Å². The summed E-state index contributed by atoms with van der Waals surface area (Å²) in [6.07, 6.45) is 4.11. The Kier molecular flexibility index (Phi) is 3.57. The zero-order valence-corrected chi connectivity index (χ0v) is 11.3. The predicted molar refractivity (Wildman–Crippen MR) is 68.8 cm³/mol. The number of hydrogen-bond donors (Lipinski definition) is 1. The molecule has 2 aliphatic rings. The average Bonchev–Trinajstić information content (AvgIpc) is 2.98. The van der Waals surface area contributed by atoms with E-state index in [0.29, 0.717) is 11.6 Å². The standard InChI is InChI=1S/C13H27N3/c1-13(2)7-8-15(4)10-12(9-14-3)16(13)11-5-6-11/h11-12,14H,5-10H2,1-4H3. The molecule has 0 aromatic carbocycles. The van der Waals surface area contributed by atoms with Gasteiger partial charge in [0.1, 0.15) is 0 Å². The van der Waals surface area contributed by atoms with Gasteiger partial charge >= 0.3 is 0 Å². The van der Waals surface area contributed by atoms with Crippen molar-refractivity contribution < 1.29 is 0 Å². The second kappa shape index (κ2) is 4.63. The van der Waals surface area contributed by atoms with E-state index in [1.165, 1.54) is 32.4 Å². The molecule has 3 heteroatoms. The Balaban J connectivity index is 2.15. The molecule has 1 unspecified atom stereocenters. The van der Waals surface area contributed by atoms with Crippen LogP contribution < -0.4 is 5.32 Å². The molecule has 0 spiro atoms. The molecular formula is C13H27N3. The molecule has 2 rings (SSSR count). The van der Waals surface area contributed by atoms with E-state index in [1.807, 2.05) is 0 Å². The minimum atomic E-state index is 0.368. The van der Waals surface area contributed by atoms with Crippen LogP contribution in [-0.2, 0) is 0 Å². The fourth-order valence-corrected chi connectivity index (χ4v) is 3.17. The summed E-state index contributed by atoms with van der Waals surface area (Å²) in [6.45, 7) is 8.40. The van der Waals surface area contributed by atoms with Gasteiger partial charge in [-0.3, -0.25) is 4.90 Å².